The van der Waals surface area contributed by atoms with Crippen molar-refractivity contribution in [2.24, 2.45) is 0 Å². The largest absolute Gasteiger partial charge is 0.497 e. The van der Waals surface area contributed by atoms with Gasteiger partial charge in [-0.3, -0.25) is 4.79 Å². The van der Waals surface area contributed by atoms with Gasteiger partial charge in [0.1, 0.15) is 5.75 Å². The highest BCUT2D eigenvalue weighted by Crippen LogP contribution is 2.26. The van der Waals surface area contributed by atoms with E-state index in [9.17, 15) is 4.79 Å². The molecule has 0 radical (unpaired) electrons. The van der Waals surface area contributed by atoms with Crippen LogP contribution in [-0.4, -0.2) is 22.4 Å². The van der Waals surface area contributed by atoms with Crippen LogP contribution in [0, 0.1) is 0 Å². The van der Waals surface area contributed by atoms with Gasteiger partial charge in [0.2, 0.25) is 5.12 Å². The van der Waals surface area contributed by atoms with Gasteiger partial charge in [0.05, 0.1) is 13.4 Å². The molecule has 0 amide bonds. The normalized spacial score (nSPS) is 10.5. The summed E-state index contributed by atoms with van der Waals surface area (Å²) in [7, 11) is 1.55. The third kappa shape index (κ3) is 2.97. The van der Waals surface area contributed by atoms with Gasteiger partial charge in [0.15, 0.2) is 5.76 Å². The summed E-state index contributed by atoms with van der Waals surface area (Å²) in [5.74, 6) is 1.31. The van der Waals surface area contributed by atoms with Gasteiger partial charge in [-0.05, 0) is 24.3 Å². The van der Waals surface area contributed by atoms with Gasteiger partial charge in [-0.15, -0.1) is 10.2 Å². The maximum atomic E-state index is 12.1. The third-order valence-corrected chi connectivity index (χ3v) is 3.38. The molecule has 0 aliphatic carbocycles. The summed E-state index contributed by atoms with van der Waals surface area (Å²) in [4.78, 5) is 12.1. The first-order chi connectivity index (χ1) is 10.3. The Kier molecular flexibility index (Phi) is 3.74. The van der Waals surface area contributed by atoms with Gasteiger partial charge in [0.25, 0.3) is 11.1 Å². The highest BCUT2D eigenvalue weighted by atomic mass is 32.2. The second-order valence-electron chi connectivity index (χ2n) is 3.97. The first kappa shape index (κ1) is 13.4. The van der Waals surface area contributed by atoms with E-state index in [1.165, 1.54) is 6.26 Å². The summed E-state index contributed by atoms with van der Waals surface area (Å²) in [5.41, 5.74) is 0.497. The van der Waals surface area contributed by atoms with E-state index >= 15 is 0 Å². The lowest BCUT2D eigenvalue weighted by Crippen LogP contribution is -1.94. The van der Waals surface area contributed by atoms with Crippen LogP contribution < -0.4 is 4.74 Å². The maximum Gasteiger partial charge on any atom is 0.284 e. The fraction of sp³-hybridized carbons (Fsp3) is 0.0714. The Bertz CT molecular complexity index is 752. The van der Waals surface area contributed by atoms with Gasteiger partial charge >= 0.3 is 0 Å². The summed E-state index contributed by atoms with van der Waals surface area (Å²) >= 11 is 0.858. The van der Waals surface area contributed by atoms with Crippen molar-refractivity contribution >= 4 is 16.9 Å². The van der Waals surface area contributed by atoms with Crippen LogP contribution >= 0.6 is 11.8 Å². The van der Waals surface area contributed by atoms with Crippen LogP contribution in [0.5, 0.6) is 5.75 Å². The molecule has 3 rings (SSSR count). The zero-order chi connectivity index (χ0) is 14.7. The van der Waals surface area contributed by atoms with Crippen LogP contribution in [-0.2, 0) is 0 Å². The minimum absolute atomic E-state index is 0.161. The van der Waals surface area contributed by atoms with Crippen molar-refractivity contribution in [1.29, 1.82) is 0 Å². The Morgan fingerprint density at radius 1 is 1.24 bits per heavy atom. The van der Waals surface area contributed by atoms with Crippen molar-refractivity contribution in [2.45, 2.75) is 5.22 Å². The van der Waals surface area contributed by atoms with Gasteiger partial charge in [-0.1, -0.05) is 12.1 Å². The predicted octanol–water partition coefficient (Wildman–Crippen LogP) is 3.27. The average molecular weight is 302 g/mol. The molecular weight excluding hydrogens is 292 g/mol. The molecule has 0 bridgehead atoms. The number of ether oxygens (including phenoxy) is 1. The number of methoxy groups -OCH3 is 1. The number of benzene rings is 1. The second kappa shape index (κ2) is 5.84. The predicted molar refractivity (Wildman–Crippen MR) is 75.2 cm³/mol. The van der Waals surface area contributed by atoms with Gasteiger partial charge in [-0.25, -0.2) is 0 Å². The summed E-state index contributed by atoms with van der Waals surface area (Å²) in [6.07, 6.45) is 1.51. The van der Waals surface area contributed by atoms with Crippen LogP contribution in [0.1, 0.15) is 10.4 Å². The minimum atomic E-state index is -0.205. The van der Waals surface area contributed by atoms with Gasteiger partial charge in [0, 0.05) is 17.3 Å². The molecule has 0 atom stereocenters. The number of furan rings is 1. The Morgan fingerprint density at radius 3 is 2.90 bits per heavy atom. The topological polar surface area (TPSA) is 78.4 Å². The number of thioether (sulfide) groups is 1. The molecule has 1 aromatic carbocycles. The molecule has 21 heavy (non-hydrogen) atoms. The minimum Gasteiger partial charge on any atom is -0.497 e. The molecule has 0 N–H and O–H groups in total. The van der Waals surface area contributed by atoms with Crippen LogP contribution in [0.25, 0.3) is 11.7 Å². The Hall–Kier alpha value is -2.54. The standard InChI is InChI=1S/C14H10N2O4S/c1-18-10-5-2-4-9(8-10)13(17)21-14-16-15-12(20-14)11-6-3-7-19-11/h2-8H,1H3. The highest BCUT2D eigenvalue weighted by molar-refractivity contribution is 8.14. The summed E-state index contributed by atoms with van der Waals surface area (Å²) in [5, 5.41) is 7.60. The van der Waals surface area contributed by atoms with Gasteiger partial charge in [-0.2, -0.15) is 0 Å². The van der Waals surface area contributed by atoms with Crippen LogP contribution in [0.2, 0.25) is 0 Å². The third-order valence-electron chi connectivity index (χ3n) is 2.62. The van der Waals surface area contributed by atoms with Crippen LogP contribution in [0.3, 0.4) is 0 Å². The number of carbonyl (C=O) groups excluding carboxylic acids is 1. The van der Waals surface area contributed by atoms with Crippen molar-refractivity contribution in [3.8, 4) is 17.4 Å². The van der Waals surface area contributed by atoms with E-state index < -0.39 is 0 Å². The highest BCUT2D eigenvalue weighted by Gasteiger charge is 2.16. The molecule has 0 saturated heterocycles. The van der Waals surface area contributed by atoms with E-state index in [-0.39, 0.29) is 16.2 Å². The second-order valence-corrected chi connectivity index (χ2v) is 4.90. The molecule has 7 heteroatoms. The molecular formula is C14H10N2O4S. The van der Waals surface area contributed by atoms with Crippen molar-refractivity contribution in [3.63, 3.8) is 0 Å². The Balaban J connectivity index is 1.75. The Labute approximate surface area is 124 Å². The zero-order valence-corrected chi connectivity index (χ0v) is 11.8. The Morgan fingerprint density at radius 2 is 2.14 bits per heavy atom. The monoisotopic (exact) mass is 302 g/mol. The van der Waals surface area contributed by atoms with E-state index in [4.69, 9.17) is 13.6 Å². The number of nitrogens with zero attached hydrogens (tertiary/aromatic N) is 2. The molecule has 3 aromatic rings. The fourth-order valence-corrected chi connectivity index (χ4v) is 2.24. The molecule has 0 spiro atoms. The lowest BCUT2D eigenvalue weighted by molar-refractivity contribution is 0.108. The van der Waals surface area contributed by atoms with E-state index in [2.05, 4.69) is 10.2 Å². The summed E-state index contributed by atoms with van der Waals surface area (Å²) < 4.78 is 15.6. The van der Waals surface area contributed by atoms with Crippen molar-refractivity contribution in [2.75, 3.05) is 7.11 Å². The number of rotatable bonds is 4. The molecule has 2 heterocycles. The van der Waals surface area contributed by atoms with Crippen LogP contribution in [0.15, 0.2) is 56.7 Å². The van der Waals surface area contributed by atoms with E-state index in [1.54, 1.807) is 43.5 Å². The molecule has 0 fully saturated rings. The maximum absolute atomic E-state index is 12.1. The number of carbonyl (C=O) groups is 1. The lowest BCUT2D eigenvalue weighted by Gasteiger charge is -2.01. The smallest absolute Gasteiger partial charge is 0.284 e. The average Bonchev–Trinajstić information content (AvgIpc) is 3.18. The molecule has 2 aromatic heterocycles. The lowest BCUT2D eigenvalue weighted by atomic mass is 10.2. The summed E-state index contributed by atoms with van der Waals surface area (Å²) in [6.45, 7) is 0. The fourth-order valence-electron chi connectivity index (χ4n) is 1.64. The van der Waals surface area contributed by atoms with Gasteiger partial charge < -0.3 is 13.6 Å². The van der Waals surface area contributed by atoms with E-state index in [1.807, 2.05) is 0 Å². The number of aromatic nitrogens is 2. The van der Waals surface area contributed by atoms with E-state index in [0.29, 0.717) is 17.1 Å². The number of hydrogen-bond acceptors (Lipinski definition) is 7. The zero-order valence-electron chi connectivity index (χ0n) is 11.0. The molecule has 6 nitrogen and oxygen atoms in total. The van der Waals surface area contributed by atoms with Crippen molar-refractivity contribution in [3.05, 3.63) is 48.2 Å². The molecule has 0 saturated carbocycles. The first-order valence-corrected chi connectivity index (χ1v) is 6.81. The number of hydrogen-bond donors (Lipinski definition) is 0. The molecule has 0 unspecified atom stereocenters. The molecule has 106 valence electrons. The SMILES string of the molecule is COc1cccc(C(=O)Sc2nnc(-c3ccco3)o2)c1. The molecule has 0 aliphatic rings. The van der Waals surface area contributed by atoms with Crippen molar-refractivity contribution in [1.82, 2.24) is 10.2 Å². The quantitative estimate of drug-likeness (QED) is 0.684. The first-order valence-electron chi connectivity index (χ1n) is 6.00. The van der Waals surface area contributed by atoms with E-state index in [0.717, 1.165) is 11.8 Å². The van der Waals surface area contributed by atoms with Crippen molar-refractivity contribution < 1.29 is 18.4 Å². The summed E-state index contributed by atoms with van der Waals surface area (Å²) in [6, 6.07) is 10.3. The van der Waals surface area contributed by atoms with Crippen LogP contribution in [0.4, 0.5) is 0 Å². The molecule has 0 aliphatic heterocycles.